The summed E-state index contributed by atoms with van der Waals surface area (Å²) in [4.78, 5) is 18.6. The van der Waals surface area contributed by atoms with Crippen LogP contribution >= 0.6 is 0 Å². The number of nitrogens with one attached hydrogen (secondary N) is 1. The fourth-order valence-electron chi connectivity index (χ4n) is 6.65. The number of carbonyl (C=O) groups excluding carboxylic acids is 1. The standard InChI is InChI=1S/C26H34BF3N2O5/c1-14(2)9-22(27-35-21-12-16-11-20(24(16,3)4)25(21,5)37-27)31-23(33)19-13-18(32-36-19)15-7-6-8-17(10-15)34-26(28,29)30/h6-8,10,14,16,19-22H,9,11-13H2,1-5H3,(H,31,33)/t16-,19?,20-,21+,22-,25-/m0/s1. The van der Waals surface area contributed by atoms with Crippen LogP contribution in [0.4, 0.5) is 13.2 Å². The topological polar surface area (TPSA) is 78.4 Å². The highest BCUT2D eigenvalue weighted by molar-refractivity contribution is 6.48. The van der Waals surface area contributed by atoms with Gasteiger partial charge in [0.15, 0.2) is 0 Å². The summed E-state index contributed by atoms with van der Waals surface area (Å²) in [5.74, 6) is 0.235. The van der Waals surface area contributed by atoms with E-state index in [-0.39, 0.29) is 47.1 Å². The van der Waals surface area contributed by atoms with Crippen LogP contribution in [0.15, 0.2) is 29.4 Å². The lowest BCUT2D eigenvalue weighted by atomic mass is 9.43. The SMILES string of the molecule is CC(C)C[C@H](NC(=O)C1CC(c2cccc(OC(F)(F)F)c2)=NO1)B1O[C@@H]2C[C@@H]3C[C@@H](C3(C)C)[C@]2(C)O1. The van der Waals surface area contributed by atoms with Crippen molar-refractivity contribution in [3.63, 3.8) is 0 Å². The van der Waals surface area contributed by atoms with Gasteiger partial charge in [0.05, 0.1) is 23.4 Å². The molecule has 37 heavy (non-hydrogen) atoms. The molecule has 7 nitrogen and oxygen atoms in total. The molecule has 3 aliphatic carbocycles. The highest BCUT2D eigenvalue weighted by Crippen LogP contribution is 2.65. The van der Waals surface area contributed by atoms with Crippen molar-refractivity contribution in [1.29, 1.82) is 0 Å². The van der Waals surface area contributed by atoms with Crippen molar-refractivity contribution in [2.24, 2.45) is 28.3 Å². The van der Waals surface area contributed by atoms with Gasteiger partial charge in [0.1, 0.15) is 5.75 Å². The van der Waals surface area contributed by atoms with Crippen LogP contribution < -0.4 is 10.1 Å². The Labute approximate surface area is 215 Å². The van der Waals surface area contributed by atoms with Crippen molar-refractivity contribution in [1.82, 2.24) is 5.32 Å². The Morgan fingerprint density at radius 2 is 2.03 bits per heavy atom. The molecule has 0 spiro atoms. The molecule has 0 aromatic heterocycles. The van der Waals surface area contributed by atoms with Crippen LogP contribution in [-0.2, 0) is 18.9 Å². The summed E-state index contributed by atoms with van der Waals surface area (Å²) in [6.45, 7) is 10.9. The molecular weight excluding hydrogens is 488 g/mol. The molecule has 202 valence electrons. The van der Waals surface area contributed by atoms with Gasteiger partial charge in [0.2, 0.25) is 6.10 Å². The minimum absolute atomic E-state index is 0.00435. The van der Waals surface area contributed by atoms with Gasteiger partial charge >= 0.3 is 13.5 Å². The number of ether oxygens (including phenoxy) is 1. The summed E-state index contributed by atoms with van der Waals surface area (Å²) in [6.07, 6.45) is -2.81. The molecule has 5 aliphatic rings. The molecule has 1 amide bonds. The number of benzene rings is 1. The monoisotopic (exact) mass is 522 g/mol. The molecule has 0 radical (unpaired) electrons. The van der Waals surface area contributed by atoms with E-state index in [1.54, 1.807) is 6.07 Å². The van der Waals surface area contributed by atoms with E-state index in [2.05, 4.69) is 49.8 Å². The van der Waals surface area contributed by atoms with Gasteiger partial charge in [-0.2, -0.15) is 0 Å². The van der Waals surface area contributed by atoms with Gasteiger partial charge in [0.25, 0.3) is 5.91 Å². The quantitative estimate of drug-likeness (QED) is 0.517. The Kier molecular flexibility index (Phi) is 6.54. The van der Waals surface area contributed by atoms with Gasteiger partial charge in [-0.3, -0.25) is 4.79 Å². The second kappa shape index (κ2) is 9.19. The minimum atomic E-state index is -4.80. The first-order chi connectivity index (χ1) is 17.3. The van der Waals surface area contributed by atoms with Gasteiger partial charge in [-0.25, -0.2) is 0 Å². The van der Waals surface area contributed by atoms with E-state index in [0.29, 0.717) is 29.5 Å². The van der Waals surface area contributed by atoms with Crippen LogP contribution in [-0.4, -0.2) is 48.8 Å². The van der Waals surface area contributed by atoms with E-state index >= 15 is 0 Å². The molecule has 4 fully saturated rings. The minimum Gasteiger partial charge on any atom is -0.406 e. The van der Waals surface area contributed by atoms with Crippen molar-refractivity contribution in [2.45, 2.75) is 90.4 Å². The first kappa shape index (κ1) is 26.3. The van der Waals surface area contributed by atoms with Crippen LogP contribution in [0.25, 0.3) is 0 Å². The third-order valence-corrected chi connectivity index (χ3v) is 8.71. The molecule has 1 N–H and O–H groups in total. The number of amides is 1. The number of oxime groups is 1. The molecule has 1 saturated heterocycles. The molecule has 1 unspecified atom stereocenters. The zero-order valence-corrected chi connectivity index (χ0v) is 21.8. The zero-order valence-electron chi connectivity index (χ0n) is 21.8. The van der Waals surface area contributed by atoms with Crippen LogP contribution in [0.2, 0.25) is 0 Å². The highest BCUT2D eigenvalue weighted by atomic mass is 19.4. The predicted octanol–water partition coefficient (Wildman–Crippen LogP) is 4.88. The lowest BCUT2D eigenvalue weighted by molar-refractivity contribution is -0.274. The molecular formula is C26H34BF3N2O5. The summed E-state index contributed by atoms with van der Waals surface area (Å²) < 4.78 is 54.8. The van der Waals surface area contributed by atoms with Gasteiger partial charge in [-0.15, -0.1) is 13.2 Å². The Balaban J connectivity index is 1.23. The Morgan fingerprint density at radius 3 is 2.70 bits per heavy atom. The molecule has 1 aromatic rings. The number of halogens is 3. The first-order valence-electron chi connectivity index (χ1n) is 13.0. The number of rotatable bonds is 7. The summed E-state index contributed by atoms with van der Waals surface area (Å²) in [7, 11) is -0.561. The molecule has 2 heterocycles. The van der Waals surface area contributed by atoms with E-state index in [1.165, 1.54) is 18.2 Å². The maximum absolute atomic E-state index is 13.2. The van der Waals surface area contributed by atoms with E-state index in [4.69, 9.17) is 14.1 Å². The fraction of sp³-hybridized carbons (Fsp3) is 0.692. The van der Waals surface area contributed by atoms with Crippen LogP contribution in [0.5, 0.6) is 5.75 Å². The van der Waals surface area contributed by atoms with Crippen molar-refractivity contribution in [2.75, 3.05) is 0 Å². The van der Waals surface area contributed by atoms with Crippen molar-refractivity contribution in [3.05, 3.63) is 29.8 Å². The second-order valence-corrected chi connectivity index (χ2v) is 12.0. The third-order valence-electron chi connectivity index (χ3n) is 8.71. The summed E-state index contributed by atoms with van der Waals surface area (Å²) in [5, 5.41) is 7.03. The molecule has 6 rings (SSSR count). The highest BCUT2D eigenvalue weighted by Gasteiger charge is 2.68. The second-order valence-electron chi connectivity index (χ2n) is 12.0. The third kappa shape index (κ3) is 4.96. The van der Waals surface area contributed by atoms with Crippen LogP contribution in [0.3, 0.4) is 0 Å². The smallest absolute Gasteiger partial charge is 0.406 e. The lowest BCUT2D eigenvalue weighted by Gasteiger charge is -2.64. The zero-order chi connectivity index (χ0) is 26.8. The summed E-state index contributed by atoms with van der Waals surface area (Å²) in [6, 6.07) is 5.47. The maximum atomic E-state index is 13.2. The number of hydrogen-bond acceptors (Lipinski definition) is 6. The largest absolute Gasteiger partial charge is 0.573 e. The average Bonchev–Trinajstić information content (AvgIpc) is 3.41. The Morgan fingerprint density at radius 1 is 1.27 bits per heavy atom. The molecule has 3 saturated carbocycles. The predicted molar refractivity (Wildman–Crippen MR) is 131 cm³/mol. The van der Waals surface area contributed by atoms with Crippen molar-refractivity contribution >= 4 is 18.7 Å². The van der Waals surface area contributed by atoms with Crippen molar-refractivity contribution in [3.8, 4) is 5.75 Å². The van der Waals surface area contributed by atoms with Gasteiger partial charge in [-0.1, -0.05) is 45.0 Å². The van der Waals surface area contributed by atoms with E-state index in [9.17, 15) is 18.0 Å². The number of nitrogens with zero attached hydrogens (tertiary/aromatic N) is 1. The summed E-state index contributed by atoms with van der Waals surface area (Å²) in [5.41, 5.74) is 0.611. The molecule has 2 bridgehead atoms. The van der Waals surface area contributed by atoms with Crippen LogP contribution in [0.1, 0.15) is 65.9 Å². The Bertz CT molecular complexity index is 1080. The molecule has 6 atom stereocenters. The van der Waals surface area contributed by atoms with E-state index in [1.807, 2.05) is 0 Å². The van der Waals surface area contributed by atoms with Crippen molar-refractivity contribution < 1.29 is 36.8 Å². The van der Waals surface area contributed by atoms with E-state index in [0.717, 1.165) is 12.8 Å². The normalized spacial score (nSPS) is 32.8. The van der Waals surface area contributed by atoms with Gasteiger partial charge < -0.3 is 24.2 Å². The van der Waals surface area contributed by atoms with Crippen LogP contribution in [0, 0.1) is 23.2 Å². The maximum Gasteiger partial charge on any atom is 0.573 e. The average molecular weight is 522 g/mol. The molecule has 2 aliphatic heterocycles. The van der Waals surface area contributed by atoms with Gasteiger partial charge in [-0.05, 0) is 61.5 Å². The number of alkyl halides is 3. The lowest BCUT2D eigenvalue weighted by Crippen LogP contribution is -2.65. The van der Waals surface area contributed by atoms with E-state index < -0.39 is 19.6 Å². The van der Waals surface area contributed by atoms with Gasteiger partial charge in [0, 0.05) is 12.0 Å². The number of hydrogen-bond donors (Lipinski definition) is 1. The first-order valence-corrected chi connectivity index (χ1v) is 13.0. The summed E-state index contributed by atoms with van der Waals surface area (Å²) >= 11 is 0. The molecule has 1 aromatic carbocycles. The Hall–Kier alpha value is -2.27. The number of carbonyl (C=O) groups is 1. The molecule has 11 heteroatoms. The fourth-order valence-corrected chi connectivity index (χ4v) is 6.65.